The zero-order valence-corrected chi connectivity index (χ0v) is 14.8. The Bertz CT molecular complexity index is 764. The minimum Gasteiger partial charge on any atom is -0.487 e. The maximum absolute atomic E-state index is 6.50. The summed E-state index contributed by atoms with van der Waals surface area (Å²) in [6.45, 7) is 3.51. The van der Waals surface area contributed by atoms with Crippen molar-refractivity contribution in [1.82, 2.24) is 9.88 Å². The Morgan fingerprint density at radius 3 is 2.84 bits per heavy atom. The second-order valence-corrected chi connectivity index (χ2v) is 7.97. The molecule has 3 aliphatic rings. The molecule has 1 fully saturated rings. The van der Waals surface area contributed by atoms with Crippen molar-refractivity contribution in [3.8, 4) is 5.75 Å². The second kappa shape index (κ2) is 6.14. The molecule has 0 saturated carbocycles. The lowest BCUT2D eigenvalue weighted by molar-refractivity contribution is -0.0156. The normalized spacial score (nSPS) is 24.6. The molecule has 0 radical (unpaired) electrons. The number of piperidine rings is 1. The Morgan fingerprint density at radius 1 is 1.04 bits per heavy atom. The molecule has 3 nitrogen and oxygen atoms in total. The monoisotopic (exact) mass is 334 g/mol. The number of ether oxygens (including phenoxy) is 1. The van der Waals surface area contributed by atoms with E-state index in [1.165, 1.54) is 36.2 Å². The predicted molar refractivity (Wildman–Crippen MR) is 99.1 cm³/mol. The highest BCUT2D eigenvalue weighted by molar-refractivity contribution is 5.36. The molecule has 1 spiro atoms. The number of hydrogen-bond donors (Lipinski definition) is 0. The average molecular weight is 334 g/mol. The number of pyridine rings is 1. The lowest BCUT2D eigenvalue weighted by atomic mass is 9.83. The highest BCUT2D eigenvalue weighted by Gasteiger charge is 2.40. The number of rotatable bonds is 2. The number of hydrogen-bond acceptors (Lipinski definition) is 3. The summed E-state index contributed by atoms with van der Waals surface area (Å²) in [5, 5.41) is 0. The van der Waals surface area contributed by atoms with E-state index in [2.05, 4.69) is 46.3 Å². The first-order chi connectivity index (χ1) is 12.3. The molecule has 1 aliphatic carbocycles. The van der Waals surface area contributed by atoms with Crippen LogP contribution in [0.1, 0.15) is 48.4 Å². The molecular weight excluding hydrogens is 308 g/mol. The predicted octanol–water partition coefficient (Wildman–Crippen LogP) is 3.97. The van der Waals surface area contributed by atoms with Crippen LogP contribution in [0.4, 0.5) is 0 Å². The van der Waals surface area contributed by atoms with Gasteiger partial charge in [0.05, 0.1) is 0 Å². The van der Waals surface area contributed by atoms with Gasteiger partial charge >= 0.3 is 0 Å². The SMILES string of the molecule is c1ccc2c(c1)CCC1(CCN(CC3CCc4ncccc43)CC1)O2. The zero-order chi connectivity index (χ0) is 16.7. The fourth-order valence-electron chi connectivity index (χ4n) is 4.95. The Kier molecular flexibility index (Phi) is 3.78. The number of para-hydroxylation sites is 1. The molecule has 0 bridgehead atoms. The Balaban J connectivity index is 1.23. The summed E-state index contributed by atoms with van der Waals surface area (Å²) in [4.78, 5) is 7.21. The van der Waals surface area contributed by atoms with Crippen LogP contribution in [0.15, 0.2) is 42.6 Å². The van der Waals surface area contributed by atoms with Gasteiger partial charge in [-0.25, -0.2) is 0 Å². The van der Waals surface area contributed by atoms with Crippen LogP contribution in [-0.4, -0.2) is 35.1 Å². The molecule has 3 heterocycles. The van der Waals surface area contributed by atoms with Gasteiger partial charge in [0.25, 0.3) is 0 Å². The molecule has 1 aromatic carbocycles. The summed E-state index contributed by atoms with van der Waals surface area (Å²) in [5.41, 5.74) is 4.28. The third-order valence-electron chi connectivity index (χ3n) is 6.49. The molecule has 1 saturated heterocycles. The number of nitrogens with zero attached hydrogens (tertiary/aromatic N) is 2. The quantitative estimate of drug-likeness (QED) is 0.831. The van der Waals surface area contributed by atoms with Crippen LogP contribution >= 0.6 is 0 Å². The van der Waals surface area contributed by atoms with Crippen LogP contribution < -0.4 is 4.74 Å². The van der Waals surface area contributed by atoms with E-state index in [1.807, 2.05) is 6.20 Å². The van der Waals surface area contributed by atoms with Crippen LogP contribution in [0.5, 0.6) is 5.75 Å². The third kappa shape index (κ3) is 2.85. The van der Waals surface area contributed by atoms with E-state index in [4.69, 9.17) is 4.74 Å². The number of aromatic nitrogens is 1. The van der Waals surface area contributed by atoms with Crippen molar-refractivity contribution in [2.75, 3.05) is 19.6 Å². The molecule has 0 N–H and O–H groups in total. The lowest BCUT2D eigenvalue weighted by Crippen LogP contribution is -2.50. The van der Waals surface area contributed by atoms with Crippen LogP contribution in [0.25, 0.3) is 0 Å². The molecule has 0 amide bonds. The molecule has 3 heteroatoms. The summed E-state index contributed by atoms with van der Waals surface area (Å²) >= 11 is 0. The van der Waals surface area contributed by atoms with Crippen molar-refractivity contribution < 1.29 is 4.74 Å². The van der Waals surface area contributed by atoms with E-state index in [1.54, 1.807) is 0 Å². The molecule has 5 rings (SSSR count). The van der Waals surface area contributed by atoms with Gasteiger partial charge in [-0.05, 0) is 67.7 Å². The molecule has 1 unspecified atom stereocenters. The molecule has 1 aromatic heterocycles. The molecular formula is C22H26N2O. The highest BCUT2D eigenvalue weighted by Crippen LogP contribution is 2.40. The van der Waals surface area contributed by atoms with E-state index >= 15 is 0 Å². The van der Waals surface area contributed by atoms with Crippen LogP contribution in [0, 0.1) is 0 Å². The average Bonchev–Trinajstić information content (AvgIpc) is 3.07. The first kappa shape index (κ1) is 15.4. The Hall–Kier alpha value is -1.87. The minimum atomic E-state index is 0.0833. The summed E-state index contributed by atoms with van der Waals surface area (Å²) < 4.78 is 6.50. The fourth-order valence-corrected chi connectivity index (χ4v) is 4.95. The van der Waals surface area contributed by atoms with Crippen molar-refractivity contribution in [3.63, 3.8) is 0 Å². The van der Waals surface area contributed by atoms with Crippen molar-refractivity contribution in [2.24, 2.45) is 0 Å². The minimum absolute atomic E-state index is 0.0833. The van der Waals surface area contributed by atoms with Crippen molar-refractivity contribution in [2.45, 2.75) is 50.0 Å². The second-order valence-electron chi connectivity index (χ2n) is 7.97. The van der Waals surface area contributed by atoms with E-state index in [0.29, 0.717) is 5.92 Å². The smallest absolute Gasteiger partial charge is 0.123 e. The summed E-state index contributed by atoms with van der Waals surface area (Å²) in [5.74, 6) is 1.80. The molecule has 2 aliphatic heterocycles. The molecule has 1 atom stereocenters. The fraction of sp³-hybridized carbons (Fsp3) is 0.500. The third-order valence-corrected chi connectivity index (χ3v) is 6.49. The highest BCUT2D eigenvalue weighted by atomic mass is 16.5. The standard InChI is InChI=1S/C22H26N2O/c1-2-6-21-17(4-1)9-10-22(25-21)11-14-24(15-12-22)16-18-7-8-20-19(18)5-3-13-23-20/h1-6,13,18H,7-12,14-16H2. The maximum Gasteiger partial charge on any atom is 0.123 e. The van der Waals surface area contributed by atoms with Gasteiger partial charge in [-0.2, -0.15) is 0 Å². The number of aryl methyl sites for hydroxylation is 2. The van der Waals surface area contributed by atoms with Gasteiger partial charge in [0.1, 0.15) is 11.4 Å². The summed E-state index contributed by atoms with van der Waals surface area (Å²) in [6.07, 6.45) is 9.01. The zero-order valence-electron chi connectivity index (χ0n) is 14.8. The van der Waals surface area contributed by atoms with E-state index in [0.717, 1.165) is 44.5 Å². The van der Waals surface area contributed by atoms with Gasteiger partial charge in [-0.1, -0.05) is 24.3 Å². The first-order valence-corrected chi connectivity index (χ1v) is 9.74. The first-order valence-electron chi connectivity index (χ1n) is 9.74. The summed E-state index contributed by atoms with van der Waals surface area (Å²) in [6, 6.07) is 13.0. The number of benzene rings is 1. The van der Waals surface area contributed by atoms with E-state index in [9.17, 15) is 0 Å². The molecule has 130 valence electrons. The van der Waals surface area contributed by atoms with Crippen molar-refractivity contribution in [1.29, 1.82) is 0 Å². The van der Waals surface area contributed by atoms with Crippen molar-refractivity contribution in [3.05, 3.63) is 59.4 Å². The van der Waals surface area contributed by atoms with E-state index < -0.39 is 0 Å². The summed E-state index contributed by atoms with van der Waals surface area (Å²) in [7, 11) is 0. The van der Waals surface area contributed by atoms with Crippen LogP contribution in [-0.2, 0) is 12.8 Å². The van der Waals surface area contributed by atoms with Gasteiger partial charge in [0.2, 0.25) is 0 Å². The Morgan fingerprint density at radius 2 is 1.92 bits per heavy atom. The van der Waals surface area contributed by atoms with Crippen LogP contribution in [0.3, 0.4) is 0 Å². The van der Waals surface area contributed by atoms with Gasteiger partial charge in [0.15, 0.2) is 0 Å². The topological polar surface area (TPSA) is 25.4 Å². The van der Waals surface area contributed by atoms with Crippen molar-refractivity contribution >= 4 is 0 Å². The van der Waals surface area contributed by atoms with Crippen LogP contribution in [0.2, 0.25) is 0 Å². The number of fused-ring (bicyclic) bond motifs is 2. The van der Waals surface area contributed by atoms with Gasteiger partial charge in [0, 0.05) is 31.5 Å². The largest absolute Gasteiger partial charge is 0.487 e. The van der Waals surface area contributed by atoms with E-state index in [-0.39, 0.29) is 5.60 Å². The van der Waals surface area contributed by atoms with Gasteiger partial charge < -0.3 is 9.64 Å². The number of likely N-dealkylation sites (tertiary alicyclic amines) is 1. The lowest BCUT2D eigenvalue weighted by Gasteiger charge is -2.45. The molecule has 25 heavy (non-hydrogen) atoms. The maximum atomic E-state index is 6.50. The van der Waals surface area contributed by atoms with Gasteiger partial charge in [-0.15, -0.1) is 0 Å². The Labute approximate surface area is 150 Å². The molecule has 2 aromatic rings. The van der Waals surface area contributed by atoms with Gasteiger partial charge in [-0.3, -0.25) is 4.98 Å².